The van der Waals surface area contributed by atoms with Crippen molar-refractivity contribution < 1.29 is 0 Å². The Bertz CT molecular complexity index is 328. The summed E-state index contributed by atoms with van der Waals surface area (Å²) in [5.74, 6) is 0. The van der Waals surface area contributed by atoms with E-state index in [1.807, 2.05) is 0 Å². The van der Waals surface area contributed by atoms with Crippen molar-refractivity contribution in [2.24, 2.45) is 5.73 Å². The van der Waals surface area contributed by atoms with Crippen LogP contribution in [0.15, 0.2) is 12.1 Å². The third-order valence-corrected chi connectivity index (χ3v) is 3.26. The highest BCUT2D eigenvalue weighted by atomic mass is 14.6. The summed E-state index contributed by atoms with van der Waals surface area (Å²) in [6.07, 6.45) is 3.28. The van der Waals surface area contributed by atoms with Crippen molar-refractivity contribution in [2.75, 3.05) is 0 Å². The molecule has 1 atom stereocenters. The van der Waals surface area contributed by atoms with Gasteiger partial charge in [-0.1, -0.05) is 19.1 Å². The Balaban J connectivity index is 2.73. The van der Waals surface area contributed by atoms with Crippen LogP contribution in [0.3, 0.4) is 0 Å². The van der Waals surface area contributed by atoms with E-state index < -0.39 is 0 Å². The predicted octanol–water partition coefficient (Wildman–Crippen LogP) is 3.28. The van der Waals surface area contributed by atoms with Crippen LogP contribution in [0.25, 0.3) is 0 Å². The molecule has 0 aromatic heterocycles. The van der Waals surface area contributed by atoms with E-state index in [9.17, 15) is 0 Å². The van der Waals surface area contributed by atoms with Crippen molar-refractivity contribution in [3.05, 3.63) is 34.4 Å². The van der Waals surface area contributed by atoms with E-state index in [1.165, 1.54) is 22.3 Å². The van der Waals surface area contributed by atoms with Gasteiger partial charge in [-0.15, -0.1) is 0 Å². The molecule has 0 heterocycles. The summed E-state index contributed by atoms with van der Waals surface area (Å²) in [4.78, 5) is 0. The third kappa shape index (κ3) is 3.35. The van der Waals surface area contributed by atoms with Crippen molar-refractivity contribution in [3.63, 3.8) is 0 Å². The van der Waals surface area contributed by atoms with Crippen LogP contribution < -0.4 is 5.73 Å². The first-order valence-corrected chi connectivity index (χ1v) is 5.87. The molecule has 0 saturated carbocycles. The van der Waals surface area contributed by atoms with Crippen LogP contribution in [0.1, 0.15) is 42.0 Å². The minimum atomic E-state index is 0.353. The van der Waals surface area contributed by atoms with E-state index in [2.05, 4.69) is 39.8 Å². The maximum atomic E-state index is 5.94. The Kier molecular flexibility index (Phi) is 4.34. The lowest BCUT2D eigenvalue weighted by molar-refractivity contribution is 0.595. The van der Waals surface area contributed by atoms with E-state index in [0.29, 0.717) is 6.04 Å². The van der Waals surface area contributed by atoms with E-state index in [1.54, 1.807) is 0 Å². The summed E-state index contributed by atoms with van der Waals surface area (Å²) in [6, 6.07) is 4.95. The zero-order valence-corrected chi connectivity index (χ0v) is 10.4. The number of aryl methyl sites for hydroxylation is 4. The summed E-state index contributed by atoms with van der Waals surface area (Å²) < 4.78 is 0. The Morgan fingerprint density at radius 2 is 1.67 bits per heavy atom. The fourth-order valence-electron chi connectivity index (χ4n) is 1.83. The van der Waals surface area contributed by atoms with Crippen LogP contribution >= 0.6 is 0 Å². The largest absolute Gasteiger partial charge is 0.328 e. The minimum Gasteiger partial charge on any atom is -0.328 e. The number of rotatable bonds is 4. The van der Waals surface area contributed by atoms with Crippen LogP contribution in [0.2, 0.25) is 0 Å². The third-order valence-electron chi connectivity index (χ3n) is 3.26. The Hall–Kier alpha value is -0.820. The van der Waals surface area contributed by atoms with Gasteiger partial charge in [0.25, 0.3) is 0 Å². The van der Waals surface area contributed by atoms with E-state index in [-0.39, 0.29) is 0 Å². The summed E-state index contributed by atoms with van der Waals surface area (Å²) in [5, 5.41) is 0. The lowest BCUT2D eigenvalue weighted by atomic mass is 9.96. The molecule has 0 fully saturated rings. The maximum absolute atomic E-state index is 5.94. The quantitative estimate of drug-likeness (QED) is 0.802. The fourth-order valence-corrected chi connectivity index (χ4v) is 1.83. The molecule has 15 heavy (non-hydrogen) atoms. The number of hydrogen-bond donors (Lipinski definition) is 1. The highest BCUT2D eigenvalue weighted by molar-refractivity contribution is 5.36. The Morgan fingerprint density at radius 1 is 1.07 bits per heavy atom. The van der Waals surface area contributed by atoms with Crippen LogP contribution in [-0.4, -0.2) is 6.04 Å². The molecule has 84 valence electrons. The zero-order valence-electron chi connectivity index (χ0n) is 10.4. The molecule has 0 amide bonds. The lowest BCUT2D eigenvalue weighted by Gasteiger charge is -2.12. The molecule has 1 heteroatoms. The summed E-state index contributed by atoms with van der Waals surface area (Å²) >= 11 is 0. The molecule has 0 aliphatic rings. The molecule has 1 aromatic rings. The average molecular weight is 205 g/mol. The van der Waals surface area contributed by atoms with Gasteiger partial charge in [0, 0.05) is 6.04 Å². The van der Waals surface area contributed by atoms with E-state index in [4.69, 9.17) is 5.73 Å². The van der Waals surface area contributed by atoms with Gasteiger partial charge in [-0.25, -0.2) is 0 Å². The smallest absolute Gasteiger partial charge is 0.00393 e. The van der Waals surface area contributed by atoms with Crippen LogP contribution in [-0.2, 0) is 6.42 Å². The molecule has 1 aromatic carbocycles. The monoisotopic (exact) mass is 205 g/mol. The lowest BCUT2D eigenvalue weighted by Crippen LogP contribution is -2.19. The maximum Gasteiger partial charge on any atom is 0.00393 e. The molecular formula is C14H23N. The van der Waals surface area contributed by atoms with Gasteiger partial charge in [0.15, 0.2) is 0 Å². The van der Waals surface area contributed by atoms with Crippen molar-refractivity contribution in [2.45, 2.75) is 53.0 Å². The first-order valence-electron chi connectivity index (χ1n) is 5.87. The molecule has 0 aliphatic carbocycles. The molecule has 0 aliphatic heterocycles. The second-order valence-corrected chi connectivity index (χ2v) is 4.57. The second-order valence-electron chi connectivity index (χ2n) is 4.57. The van der Waals surface area contributed by atoms with Crippen molar-refractivity contribution >= 4 is 0 Å². The van der Waals surface area contributed by atoms with Gasteiger partial charge in [0.05, 0.1) is 0 Å². The molecular weight excluding hydrogens is 182 g/mol. The van der Waals surface area contributed by atoms with Gasteiger partial charge in [-0.05, 0) is 62.3 Å². The minimum absolute atomic E-state index is 0.353. The number of benzene rings is 1. The topological polar surface area (TPSA) is 26.0 Å². The number of nitrogens with two attached hydrogens (primary N) is 1. The van der Waals surface area contributed by atoms with E-state index >= 15 is 0 Å². The van der Waals surface area contributed by atoms with Crippen LogP contribution in [0.5, 0.6) is 0 Å². The zero-order chi connectivity index (χ0) is 11.4. The van der Waals surface area contributed by atoms with E-state index in [0.717, 1.165) is 19.3 Å². The predicted molar refractivity (Wildman–Crippen MR) is 67.2 cm³/mol. The first-order chi connectivity index (χ1) is 7.04. The molecule has 1 unspecified atom stereocenters. The summed E-state index contributed by atoms with van der Waals surface area (Å²) in [7, 11) is 0. The highest BCUT2D eigenvalue weighted by Crippen LogP contribution is 2.17. The van der Waals surface area contributed by atoms with Crippen molar-refractivity contribution in [3.8, 4) is 0 Å². The fraction of sp³-hybridized carbons (Fsp3) is 0.571. The first kappa shape index (κ1) is 12.3. The van der Waals surface area contributed by atoms with Gasteiger partial charge >= 0.3 is 0 Å². The Labute approximate surface area is 93.7 Å². The van der Waals surface area contributed by atoms with Crippen LogP contribution in [0, 0.1) is 20.8 Å². The highest BCUT2D eigenvalue weighted by Gasteiger charge is 2.04. The Morgan fingerprint density at radius 3 is 2.27 bits per heavy atom. The molecule has 0 spiro atoms. The second kappa shape index (κ2) is 5.32. The molecule has 1 nitrogen and oxygen atoms in total. The van der Waals surface area contributed by atoms with Gasteiger partial charge in [-0.3, -0.25) is 0 Å². The molecule has 0 bridgehead atoms. The van der Waals surface area contributed by atoms with Crippen LogP contribution in [0.4, 0.5) is 0 Å². The standard InChI is InChI=1S/C14H23N/c1-5-14(15)7-6-13-9-11(3)10(2)8-12(13)4/h8-9,14H,5-7,15H2,1-4H3. The van der Waals surface area contributed by atoms with Gasteiger partial charge in [-0.2, -0.15) is 0 Å². The summed E-state index contributed by atoms with van der Waals surface area (Å²) in [5.41, 5.74) is 11.6. The number of hydrogen-bond acceptors (Lipinski definition) is 1. The van der Waals surface area contributed by atoms with Gasteiger partial charge < -0.3 is 5.73 Å². The van der Waals surface area contributed by atoms with Crippen molar-refractivity contribution in [1.29, 1.82) is 0 Å². The average Bonchev–Trinajstić information content (AvgIpc) is 2.21. The SMILES string of the molecule is CCC(N)CCc1cc(C)c(C)cc1C. The summed E-state index contributed by atoms with van der Waals surface area (Å²) in [6.45, 7) is 8.69. The molecule has 1 rings (SSSR count). The molecule has 0 saturated heterocycles. The van der Waals surface area contributed by atoms with Crippen molar-refractivity contribution in [1.82, 2.24) is 0 Å². The van der Waals surface area contributed by atoms with Gasteiger partial charge in [0.2, 0.25) is 0 Å². The molecule has 2 N–H and O–H groups in total. The molecule has 0 radical (unpaired) electrons. The normalized spacial score (nSPS) is 12.9. The van der Waals surface area contributed by atoms with Gasteiger partial charge in [0.1, 0.15) is 0 Å².